The van der Waals surface area contributed by atoms with Gasteiger partial charge in [0.05, 0.1) is 0 Å². The van der Waals surface area contributed by atoms with Crippen molar-refractivity contribution in [1.82, 2.24) is 15.3 Å². The van der Waals surface area contributed by atoms with Gasteiger partial charge in [-0.2, -0.15) is 0 Å². The second kappa shape index (κ2) is 6.29. The molecular formula is C15H19N3O. The van der Waals surface area contributed by atoms with Crippen molar-refractivity contribution in [3.8, 4) is 5.75 Å². The Balaban J connectivity index is 2.09. The molecule has 100 valence electrons. The summed E-state index contributed by atoms with van der Waals surface area (Å²) < 4.78 is 5.66. The Labute approximate surface area is 113 Å². The van der Waals surface area contributed by atoms with Crippen LogP contribution in [0, 0.1) is 13.8 Å². The van der Waals surface area contributed by atoms with E-state index in [0.29, 0.717) is 6.61 Å². The molecule has 0 aliphatic carbocycles. The molecule has 0 unspecified atom stereocenters. The largest absolute Gasteiger partial charge is 0.486 e. The molecule has 0 saturated carbocycles. The highest BCUT2D eigenvalue weighted by atomic mass is 16.5. The van der Waals surface area contributed by atoms with Crippen molar-refractivity contribution in [3.05, 3.63) is 53.1 Å². The smallest absolute Gasteiger partial charge is 0.166 e. The summed E-state index contributed by atoms with van der Waals surface area (Å²) in [5.41, 5.74) is 3.17. The second-order valence-corrected chi connectivity index (χ2v) is 4.42. The molecule has 1 heterocycles. The molecule has 0 bridgehead atoms. The molecule has 2 rings (SSSR count). The number of nitrogens with one attached hydrogen (secondary N) is 1. The molecule has 0 spiro atoms. The number of rotatable bonds is 5. The Bertz CT molecular complexity index is 517. The molecule has 0 amide bonds. The zero-order chi connectivity index (χ0) is 13.7. The topological polar surface area (TPSA) is 47.0 Å². The average molecular weight is 257 g/mol. The number of hydrogen-bond donors (Lipinski definition) is 1. The van der Waals surface area contributed by atoms with Gasteiger partial charge in [-0.05, 0) is 33.0 Å². The van der Waals surface area contributed by atoms with Gasteiger partial charge in [-0.25, -0.2) is 9.97 Å². The summed E-state index contributed by atoms with van der Waals surface area (Å²) in [5, 5.41) is 3.13. The monoisotopic (exact) mass is 257 g/mol. The minimum absolute atomic E-state index is 0.394. The lowest BCUT2D eigenvalue weighted by atomic mass is 10.1. The highest BCUT2D eigenvalue weighted by Crippen LogP contribution is 2.13. The van der Waals surface area contributed by atoms with Crippen molar-refractivity contribution in [2.24, 2.45) is 0 Å². The van der Waals surface area contributed by atoms with Gasteiger partial charge in [0.25, 0.3) is 0 Å². The fourth-order valence-electron chi connectivity index (χ4n) is 1.97. The zero-order valence-corrected chi connectivity index (χ0v) is 11.6. The normalized spacial score (nSPS) is 10.5. The fraction of sp³-hybridized carbons (Fsp3) is 0.333. The Kier molecular flexibility index (Phi) is 4.47. The number of benzene rings is 1. The lowest BCUT2D eigenvalue weighted by Crippen LogP contribution is -2.13. The Morgan fingerprint density at radius 2 is 1.68 bits per heavy atom. The molecule has 0 aliphatic rings. The molecular weight excluding hydrogens is 238 g/mol. The molecule has 0 fully saturated rings. The van der Waals surface area contributed by atoms with Crippen LogP contribution in [0.1, 0.15) is 22.8 Å². The molecule has 0 atom stereocenters. The van der Waals surface area contributed by atoms with Gasteiger partial charge in [0.1, 0.15) is 12.4 Å². The van der Waals surface area contributed by atoms with E-state index in [-0.39, 0.29) is 0 Å². The summed E-state index contributed by atoms with van der Waals surface area (Å²) in [6.07, 6.45) is 0. The Hall–Kier alpha value is -1.94. The zero-order valence-electron chi connectivity index (χ0n) is 11.6. The van der Waals surface area contributed by atoms with Crippen molar-refractivity contribution < 1.29 is 4.74 Å². The maximum Gasteiger partial charge on any atom is 0.166 e. The minimum Gasteiger partial charge on any atom is -0.486 e. The van der Waals surface area contributed by atoms with Crippen LogP contribution in [0.4, 0.5) is 0 Å². The van der Waals surface area contributed by atoms with Crippen LogP contribution in [0.5, 0.6) is 5.75 Å². The molecule has 1 N–H and O–H groups in total. The number of aryl methyl sites for hydroxylation is 2. The van der Waals surface area contributed by atoms with Gasteiger partial charge in [-0.1, -0.05) is 18.2 Å². The lowest BCUT2D eigenvalue weighted by molar-refractivity contribution is 0.295. The predicted octanol–water partition coefficient (Wildman–Crippen LogP) is 2.39. The number of nitrogens with zero attached hydrogens (tertiary/aromatic N) is 2. The van der Waals surface area contributed by atoms with Gasteiger partial charge in [0.2, 0.25) is 0 Å². The van der Waals surface area contributed by atoms with Crippen LogP contribution in [0.25, 0.3) is 0 Å². The number of hydrogen-bond acceptors (Lipinski definition) is 4. The van der Waals surface area contributed by atoms with E-state index in [4.69, 9.17) is 4.74 Å². The molecule has 4 nitrogen and oxygen atoms in total. The van der Waals surface area contributed by atoms with E-state index in [1.54, 1.807) is 0 Å². The summed E-state index contributed by atoms with van der Waals surface area (Å²) in [7, 11) is 1.92. The van der Waals surface area contributed by atoms with Gasteiger partial charge in [0, 0.05) is 23.5 Å². The minimum atomic E-state index is 0.394. The summed E-state index contributed by atoms with van der Waals surface area (Å²) in [4.78, 5) is 8.98. The van der Waals surface area contributed by atoms with Gasteiger partial charge < -0.3 is 10.1 Å². The quantitative estimate of drug-likeness (QED) is 0.893. The molecule has 2 aromatic rings. The third-order valence-corrected chi connectivity index (χ3v) is 2.93. The molecule has 4 heteroatoms. The average Bonchev–Trinajstić information content (AvgIpc) is 2.42. The van der Waals surface area contributed by atoms with Crippen molar-refractivity contribution in [2.45, 2.75) is 27.0 Å². The van der Waals surface area contributed by atoms with Crippen LogP contribution in [-0.4, -0.2) is 17.0 Å². The van der Waals surface area contributed by atoms with E-state index in [1.165, 1.54) is 0 Å². The van der Waals surface area contributed by atoms with E-state index in [9.17, 15) is 0 Å². The maximum atomic E-state index is 5.66. The third-order valence-electron chi connectivity index (χ3n) is 2.93. The molecule has 1 aromatic carbocycles. The first kappa shape index (κ1) is 13.5. The van der Waals surface area contributed by atoms with E-state index in [0.717, 1.165) is 35.1 Å². The van der Waals surface area contributed by atoms with E-state index in [2.05, 4.69) is 15.3 Å². The maximum absolute atomic E-state index is 5.66. The molecule has 0 aliphatic heterocycles. The van der Waals surface area contributed by atoms with Gasteiger partial charge in [-0.15, -0.1) is 0 Å². The Morgan fingerprint density at radius 1 is 1.05 bits per heavy atom. The van der Waals surface area contributed by atoms with Crippen LogP contribution < -0.4 is 10.1 Å². The first-order chi connectivity index (χ1) is 9.20. The number of para-hydroxylation sites is 1. The first-order valence-corrected chi connectivity index (χ1v) is 6.36. The summed E-state index contributed by atoms with van der Waals surface area (Å²) in [6, 6.07) is 9.71. The van der Waals surface area contributed by atoms with Crippen LogP contribution in [0.3, 0.4) is 0 Å². The first-order valence-electron chi connectivity index (χ1n) is 6.36. The van der Waals surface area contributed by atoms with Crippen LogP contribution in [0.2, 0.25) is 0 Å². The highest BCUT2D eigenvalue weighted by Gasteiger charge is 2.08. The lowest BCUT2D eigenvalue weighted by Gasteiger charge is -2.11. The van der Waals surface area contributed by atoms with Crippen LogP contribution >= 0.6 is 0 Å². The van der Waals surface area contributed by atoms with Crippen LogP contribution in [0.15, 0.2) is 30.3 Å². The number of aromatic nitrogens is 2. The highest BCUT2D eigenvalue weighted by molar-refractivity contribution is 5.25. The molecule has 1 aromatic heterocycles. The van der Waals surface area contributed by atoms with Crippen molar-refractivity contribution >= 4 is 0 Å². The van der Waals surface area contributed by atoms with Crippen LogP contribution in [-0.2, 0) is 13.2 Å². The van der Waals surface area contributed by atoms with Crippen molar-refractivity contribution in [1.29, 1.82) is 0 Å². The van der Waals surface area contributed by atoms with Gasteiger partial charge >= 0.3 is 0 Å². The molecule has 19 heavy (non-hydrogen) atoms. The molecule has 0 saturated heterocycles. The summed E-state index contributed by atoms with van der Waals surface area (Å²) in [5.74, 6) is 1.56. The van der Waals surface area contributed by atoms with Gasteiger partial charge in [-0.3, -0.25) is 0 Å². The SMILES string of the molecule is CNCc1c(C)nc(COc2ccccc2)nc1C. The van der Waals surface area contributed by atoms with Crippen molar-refractivity contribution in [3.63, 3.8) is 0 Å². The van der Waals surface area contributed by atoms with E-state index in [1.807, 2.05) is 51.2 Å². The molecule has 0 radical (unpaired) electrons. The second-order valence-electron chi connectivity index (χ2n) is 4.42. The van der Waals surface area contributed by atoms with E-state index >= 15 is 0 Å². The van der Waals surface area contributed by atoms with E-state index < -0.39 is 0 Å². The fourth-order valence-corrected chi connectivity index (χ4v) is 1.97. The predicted molar refractivity (Wildman–Crippen MR) is 75.0 cm³/mol. The summed E-state index contributed by atoms with van der Waals surface area (Å²) >= 11 is 0. The third kappa shape index (κ3) is 3.51. The standard InChI is InChI=1S/C15H19N3O/c1-11-14(9-16-3)12(2)18-15(17-11)10-19-13-7-5-4-6-8-13/h4-8,16H,9-10H2,1-3H3. The summed E-state index contributed by atoms with van der Waals surface area (Å²) in [6.45, 7) is 5.20. The Morgan fingerprint density at radius 3 is 2.26 bits per heavy atom. The number of ether oxygens (including phenoxy) is 1. The van der Waals surface area contributed by atoms with Crippen molar-refractivity contribution in [2.75, 3.05) is 7.05 Å². The van der Waals surface area contributed by atoms with Gasteiger partial charge in [0.15, 0.2) is 5.82 Å².